The smallest absolute Gasteiger partial charge is 0.255 e. The molecule has 1 unspecified atom stereocenters. The number of anilines is 1. The molecule has 0 aliphatic carbocycles. The van der Waals surface area contributed by atoms with Crippen molar-refractivity contribution in [2.45, 2.75) is 19.9 Å². The van der Waals surface area contributed by atoms with E-state index < -0.39 is 0 Å². The number of hydrogen-bond donors (Lipinski definition) is 2. The van der Waals surface area contributed by atoms with Gasteiger partial charge >= 0.3 is 0 Å². The highest BCUT2D eigenvalue weighted by atomic mass is 79.9. The lowest BCUT2D eigenvalue weighted by molar-refractivity contribution is 0.0917. The normalized spacial score (nSPS) is 12.8. The van der Waals surface area contributed by atoms with Gasteiger partial charge < -0.3 is 16.0 Å². The van der Waals surface area contributed by atoms with Gasteiger partial charge in [-0.15, -0.1) is 0 Å². The molecule has 6 heteroatoms. The van der Waals surface area contributed by atoms with Crippen molar-refractivity contribution in [2.75, 3.05) is 26.4 Å². The van der Waals surface area contributed by atoms with Gasteiger partial charge in [-0.25, -0.2) is 4.98 Å². The summed E-state index contributed by atoms with van der Waals surface area (Å²) in [6.07, 6.45) is 1.58. The highest BCUT2D eigenvalue weighted by molar-refractivity contribution is 9.10. The third-order valence-electron chi connectivity index (χ3n) is 2.81. The predicted octanol–water partition coefficient (Wildman–Crippen LogP) is 1.74. The summed E-state index contributed by atoms with van der Waals surface area (Å²) in [6.45, 7) is 4.94. The Kier molecular flexibility index (Phi) is 5.75. The Bertz CT molecular complexity index is 448. The van der Waals surface area contributed by atoms with Crippen LogP contribution in [0.25, 0.3) is 0 Å². The molecule has 0 spiro atoms. The van der Waals surface area contributed by atoms with Crippen LogP contribution in [-0.4, -0.2) is 42.5 Å². The van der Waals surface area contributed by atoms with E-state index in [2.05, 4.69) is 40.1 Å². The molecule has 1 rings (SSSR count). The summed E-state index contributed by atoms with van der Waals surface area (Å²) in [7, 11) is 3.97. The second-order valence-corrected chi connectivity index (χ2v) is 6.09. The predicted molar refractivity (Wildman–Crippen MR) is 81.0 cm³/mol. The SMILES string of the molecule is CC(C)C(CN(C)C)NC(=O)c1cc(Br)cnc1N. The Hall–Kier alpha value is -1.14. The van der Waals surface area contributed by atoms with Crippen molar-refractivity contribution >= 4 is 27.7 Å². The molecule has 0 aliphatic heterocycles. The minimum absolute atomic E-state index is 0.0703. The van der Waals surface area contributed by atoms with Crippen LogP contribution in [0.2, 0.25) is 0 Å². The van der Waals surface area contributed by atoms with Crippen molar-refractivity contribution in [3.05, 3.63) is 22.3 Å². The molecule has 3 N–H and O–H groups in total. The molecule has 0 aromatic carbocycles. The van der Waals surface area contributed by atoms with E-state index in [4.69, 9.17) is 5.73 Å². The Balaban J connectivity index is 2.84. The van der Waals surface area contributed by atoms with Gasteiger partial charge in [-0.2, -0.15) is 0 Å². The molecule has 1 atom stereocenters. The van der Waals surface area contributed by atoms with Crippen molar-refractivity contribution in [3.8, 4) is 0 Å². The lowest BCUT2D eigenvalue weighted by Gasteiger charge is -2.25. The van der Waals surface area contributed by atoms with Gasteiger partial charge in [-0.3, -0.25) is 4.79 Å². The number of nitrogens with zero attached hydrogens (tertiary/aromatic N) is 2. The number of hydrogen-bond acceptors (Lipinski definition) is 4. The maximum absolute atomic E-state index is 12.2. The number of likely N-dealkylation sites (N-methyl/N-ethyl adjacent to an activating group) is 1. The number of aromatic nitrogens is 1. The zero-order chi connectivity index (χ0) is 14.6. The number of halogens is 1. The second kappa shape index (κ2) is 6.86. The topological polar surface area (TPSA) is 71.2 Å². The molecule has 0 bridgehead atoms. The van der Waals surface area contributed by atoms with Crippen LogP contribution >= 0.6 is 15.9 Å². The van der Waals surface area contributed by atoms with Crippen molar-refractivity contribution in [1.82, 2.24) is 15.2 Å². The number of nitrogen functional groups attached to an aromatic ring is 1. The maximum atomic E-state index is 12.2. The van der Waals surface area contributed by atoms with Gasteiger partial charge in [0.05, 0.1) is 5.56 Å². The summed E-state index contributed by atoms with van der Waals surface area (Å²) in [6, 6.07) is 1.76. The van der Waals surface area contributed by atoms with Crippen LogP contribution in [0.3, 0.4) is 0 Å². The Morgan fingerprint density at radius 2 is 2.16 bits per heavy atom. The van der Waals surface area contributed by atoms with Crippen LogP contribution in [0.15, 0.2) is 16.7 Å². The van der Waals surface area contributed by atoms with Crippen LogP contribution < -0.4 is 11.1 Å². The molecule has 1 heterocycles. The number of amides is 1. The van der Waals surface area contributed by atoms with E-state index in [1.54, 1.807) is 12.3 Å². The summed E-state index contributed by atoms with van der Waals surface area (Å²) >= 11 is 3.29. The van der Waals surface area contributed by atoms with Gasteiger partial charge in [0.15, 0.2) is 0 Å². The van der Waals surface area contributed by atoms with E-state index in [9.17, 15) is 4.79 Å². The summed E-state index contributed by atoms with van der Waals surface area (Å²) in [4.78, 5) is 18.3. The number of nitrogens with two attached hydrogens (primary N) is 1. The highest BCUT2D eigenvalue weighted by Crippen LogP contribution is 2.16. The number of carbonyl (C=O) groups excluding carboxylic acids is 1. The fraction of sp³-hybridized carbons (Fsp3) is 0.538. The fourth-order valence-corrected chi connectivity index (χ4v) is 2.03. The first-order valence-electron chi connectivity index (χ1n) is 6.18. The van der Waals surface area contributed by atoms with Crippen LogP contribution in [0.4, 0.5) is 5.82 Å². The zero-order valence-electron chi connectivity index (χ0n) is 11.8. The molecule has 106 valence electrons. The van der Waals surface area contributed by atoms with Gasteiger partial charge in [-0.05, 0) is 42.0 Å². The van der Waals surface area contributed by atoms with E-state index in [1.165, 1.54) is 0 Å². The summed E-state index contributed by atoms with van der Waals surface area (Å²) in [5.41, 5.74) is 6.14. The molecule has 0 saturated heterocycles. The Morgan fingerprint density at radius 3 is 2.68 bits per heavy atom. The van der Waals surface area contributed by atoms with Crippen LogP contribution in [0.1, 0.15) is 24.2 Å². The maximum Gasteiger partial charge on any atom is 0.255 e. The van der Waals surface area contributed by atoms with Gasteiger partial charge in [0.25, 0.3) is 5.91 Å². The third kappa shape index (κ3) is 4.80. The summed E-state index contributed by atoms with van der Waals surface area (Å²) < 4.78 is 0.737. The number of carbonyl (C=O) groups is 1. The van der Waals surface area contributed by atoms with E-state index in [-0.39, 0.29) is 17.8 Å². The van der Waals surface area contributed by atoms with E-state index >= 15 is 0 Å². The van der Waals surface area contributed by atoms with E-state index in [0.29, 0.717) is 11.5 Å². The highest BCUT2D eigenvalue weighted by Gasteiger charge is 2.19. The van der Waals surface area contributed by atoms with Gasteiger partial charge in [0.1, 0.15) is 5.82 Å². The minimum Gasteiger partial charge on any atom is -0.383 e. The quantitative estimate of drug-likeness (QED) is 0.863. The van der Waals surface area contributed by atoms with Crippen molar-refractivity contribution in [1.29, 1.82) is 0 Å². The monoisotopic (exact) mass is 328 g/mol. The molecule has 19 heavy (non-hydrogen) atoms. The van der Waals surface area contributed by atoms with Crippen molar-refractivity contribution in [3.63, 3.8) is 0 Å². The molecule has 1 amide bonds. The average molecular weight is 329 g/mol. The summed E-state index contributed by atoms with van der Waals surface area (Å²) in [5, 5.41) is 3.01. The lowest BCUT2D eigenvalue weighted by Crippen LogP contribution is -2.45. The standard InChI is InChI=1S/C13H21BrN4O/c1-8(2)11(7-18(3)4)17-13(19)10-5-9(14)6-16-12(10)15/h5-6,8,11H,7H2,1-4H3,(H2,15,16)(H,17,19). The average Bonchev–Trinajstić information content (AvgIpc) is 2.30. The molecule has 1 aromatic heterocycles. The molecule has 5 nitrogen and oxygen atoms in total. The molecular weight excluding hydrogens is 308 g/mol. The zero-order valence-corrected chi connectivity index (χ0v) is 13.4. The first kappa shape index (κ1) is 15.9. The van der Waals surface area contributed by atoms with Gasteiger partial charge in [0.2, 0.25) is 0 Å². The molecule has 0 radical (unpaired) electrons. The third-order valence-corrected chi connectivity index (χ3v) is 3.25. The summed E-state index contributed by atoms with van der Waals surface area (Å²) in [5.74, 6) is 0.396. The number of pyridine rings is 1. The van der Waals surface area contributed by atoms with Crippen LogP contribution in [0, 0.1) is 5.92 Å². The first-order valence-corrected chi connectivity index (χ1v) is 6.97. The molecular formula is C13H21BrN4O. The minimum atomic E-state index is -0.188. The van der Waals surface area contributed by atoms with Crippen LogP contribution in [-0.2, 0) is 0 Å². The lowest BCUT2D eigenvalue weighted by atomic mass is 10.0. The Labute approximate surface area is 122 Å². The van der Waals surface area contributed by atoms with E-state index in [0.717, 1.165) is 11.0 Å². The van der Waals surface area contributed by atoms with Crippen LogP contribution in [0.5, 0.6) is 0 Å². The second-order valence-electron chi connectivity index (χ2n) is 5.17. The molecule has 0 fully saturated rings. The fourth-order valence-electron chi connectivity index (χ4n) is 1.69. The van der Waals surface area contributed by atoms with Crippen molar-refractivity contribution in [2.24, 2.45) is 5.92 Å². The largest absolute Gasteiger partial charge is 0.383 e. The molecule has 0 aliphatic rings. The van der Waals surface area contributed by atoms with Gasteiger partial charge in [-0.1, -0.05) is 13.8 Å². The molecule has 0 saturated carbocycles. The van der Waals surface area contributed by atoms with Gasteiger partial charge in [0, 0.05) is 23.3 Å². The number of rotatable bonds is 5. The molecule has 1 aromatic rings. The number of nitrogens with one attached hydrogen (secondary N) is 1. The van der Waals surface area contributed by atoms with E-state index in [1.807, 2.05) is 19.0 Å². The van der Waals surface area contributed by atoms with Crippen molar-refractivity contribution < 1.29 is 4.79 Å². The first-order chi connectivity index (χ1) is 8.81. The Morgan fingerprint density at radius 1 is 1.53 bits per heavy atom.